The van der Waals surface area contributed by atoms with Crippen LogP contribution in [0, 0.1) is 0 Å². The number of nitrogens with two attached hydrogens (primary N) is 1. The lowest BCUT2D eigenvalue weighted by Gasteiger charge is -2.11. The van der Waals surface area contributed by atoms with Gasteiger partial charge in [0.2, 0.25) is 0 Å². The average Bonchev–Trinajstić information content (AvgIpc) is 2.17. The van der Waals surface area contributed by atoms with Crippen LogP contribution in [0.2, 0.25) is 0 Å². The van der Waals surface area contributed by atoms with Crippen molar-refractivity contribution < 1.29 is 13.2 Å². The summed E-state index contributed by atoms with van der Waals surface area (Å²) in [4.78, 5) is 0. The first-order valence-corrected chi connectivity index (χ1v) is 6.00. The van der Waals surface area contributed by atoms with Crippen molar-refractivity contribution in [3.05, 3.63) is 35.9 Å². The monoisotopic (exact) mass is 249 g/mol. The lowest BCUT2D eigenvalue weighted by atomic mass is 10.1. The number of hydrogen-bond donors (Lipinski definition) is 1. The molecule has 1 nitrogen and oxygen atoms in total. The van der Waals surface area contributed by atoms with Crippen LogP contribution in [0.3, 0.4) is 0 Å². The molecule has 0 radical (unpaired) electrons. The van der Waals surface area contributed by atoms with E-state index in [1.807, 2.05) is 12.5 Å². The second-order valence-electron chi connectivity index (χ2n) is 2.92. The fourth-order valence-corrected chi connectivity index (χ4v) is 1.06. The van der Waals surface area contributed by atoms with Crippen LogP contribution in [-0.2, 0) is 6.18 Å². The molecule has 1 aromatic carbocycles. The Morgan fingerprint density at radius 1 is 1.31 bits per heavy atom. The van der Waals surface area contributed by atoms with E-state index in [4.69, 9.17) is 5.73 Å². The van der Waals surface area contributed by atoms with Gasteiger partial charge in [0.05, 0.1) is 5.56 Å². The Balaban J connectivity index is 0.000000673. The van der Waals surface area contributed by atoms with Crippen LogP contribution in [-0.4, -0.2) is 12.5 Å². The van der Waals surface area contributed by atoms with E-state index in [9.17, 15) is 13.2 Å². The van der Waals surface area contributed by atoms with Crippen molar-refractivity contribution >= 4 is 23.5 Å². The van der Waals surface area contributed by atoms with Gasteiger partial charge in [-0.25, -0.2) is 0 Å². The molecule has 0 amide bonds. The largest absolute Gasteiger partial charge is 0.417 e. The van der Waals surface area contributed by atoms with Crippen molar-refractivity contribution in [3.8, 4) is 0 Å². The summed E-state index contributed by atoms with van der Waals surface area (Å²) in [6.07, 6.45) is 0.817. The van der Waals surface area contributed by atoms with Crippen molar-refractivity contribution in [2.24, 2.45) is 0 Å². The van der Waals surface area contributed by atoms with Crippen LogP contribution in [0.25, 0.3) is 6.08 Å². The van der Waals surface area contributed by atoms with E-state index >= 15 is 0 Å². The Labute approximate surface area is 97.5 Å². The molecule has 0 aliphatic heterocycles. The zero-order valence-corrected chi connectivity index (χ0v) is 9.95. The molecule has 5 heteroatoms. The smallest absolute Gasteiger partial charge is 0.398 e. The molecular weight excluding hydrogens is 235 g/mol. The molecule has 90 valence electrons. The third-order valence-electron chi connectivity index (χ3n) is 1.65. The van der Waals surface area contributed by atoms with Gasteiger partial charge in [-0.3, -0.25) is 0 Å². The Hall–Kier alpha value is -1.10. The third kappa shape index (κ3) is 4.18. The van der Waals surface area contributed by atoms with E-state index in [1.165, 1.54) is 12.1 Å². The molecule has 1 rings (SSSR count). The molecule has 0 atom stereocenters. The third-order valence-corrected chi connectivity index (χ3v) is 1.65. The van der Waals surface area contributed by atoms with Gasteiger partial charge < -0.3 is 5.73 Å². The minimum Gasteiger partial charge on any atom is -0.398 e. The highest BCUT2D eigenvalue weighted by Crippen LogP contribution is 2.34. The molecule has 0 bridgehead atoms. The fourth-order valence-electron chi connectivity index (χ4n) is 1.06. The number of hydrogen-bond acceptors (Lipinski definition) is 2. The molecule has 1 aromatic rings. The average molecular weight is 249 g/mol. The Kier molecular flexibility index (Phi) is 6.03. The number of nitrogen functional groups attached to an aromatic ring is 1. The summed E-state index contributed by atoms with van der Waals surface area (Å²) < 4.78 is 36.9. The second-order valence-corrected chi connectivity index (χ2v) is 3.74. The van der Waals surface area contributed by atoms with Gasteiger partial charge in [0.25, 0.3) is 0 Å². The summed E-state index contributed by atoms with van der Waals surface area (Å²) in [5, 5.41) is 0. The van der Waals surface area contributed by atoms with E-state index in [1.54, 1.807) is 11.8 Å². The Morgan fingerprint density at radius 3 is 2.12 bits per heavy atom. The zero-order valence-electron chi connectivity index (χ0n) is 9.14. The fraction of sp³-hybridized carbons (Fsp3) is 0.273. The van der Waals surface area contributed by atoms with E-state index < -0.39 is 11.7 Å². The topological polar surface area (TPSA) is 26.0 Å². The van der Waals surface area contributed by atoms with Crippen LogP contribution in [0.5, 0.6) is 0 Å². The summed E-state index contributed by atoms with van der Waals surface area (Å²) in [6.45, 7) is 3.29. The number of rotatable bonds is 1. The molecule has 0 unspecified atom stereocenters. The predicted octanol–water partition coefficient (Wildman–Crippen LogP) is 3.91. The molecular formula is C11H14F3NS. The zero-order chi connectivity index (χ0) is 12.8. The second kappa shape index (κ2) is 6.48. The minimum absolute atomic E-state index is 0.0602. The van der Waals surface area contributed by atoms with Crippen molar-refractivity contribution in [1.82, 2.24) is 0 Å². The number of thioether (sulfide) groups is 1. The molecule has 0 aliphatic rings. The molecule has 0 saturated heterocycles. The van der Waals surface area contributed by atoms with Crippen LogP contribution < -0.4 is 5.73 Å². The van der Waals surface area contributed by atoms with E-state index in [-0.39, 0.29) is 11.3 Å². The lowest BCUT2D eigenvalue weighted by molar-refractivity contribution is -0.137. The number of halogens is 3. The Morgan fingerprint density at radius 2 is 1.81 bits per heavy atom. The van der Waals surface area contributed by atoms with Crippen LogP contribution in [0.1, 0.15) is 11.1 Å². The quantitative estimate of drug-likeness (QED) is 0.764. The van der Waals surface area contributed by atoms with Crippen molar-refractivity contribution in [1.29, 1.82) is 0 Å². The molecule has 2 N–H and O–H groups in total. The normalized spacial score (nSPS) is 10.3. The molecule has 0 fully saturated rings. The summed E-state index contributed by atoms with van der Waals surface area (Å²) >= 11 is 1.75. The first-order chi connectivity index (χ1) is 7.38. The van der Waals surface area contributed by atoms with Crippen molar-refractivity contribution in [2.75, 3.05) is 18.2 Å². The number of benzene rings is 1. The van der Waals surface area contributed by atoms with Gasteiger partial charge in [-0.05, 0) is 24.6 Å². The summed E-state index contributed by atoms with van der Waals surface area (Å²) in [7, 11) is 0. The highest BCUT2D eigenvalue weighted by molar-refractivity contribution is 7.97. The van der Waals surface area contributed by atoms with Crippen molar-refractivity contribution in [2.45, 2.75) is 6.18 Å². The highest BCUT2D eigenvalue weighted by atomic mass is 32.2. The maximum Gasteiger partial charge on any atom is 0.417 e. The molecule has 0 aromatic heterocycles. The molecule has 0 saturated carbocycles. The standard InChI is InChI=1S/C9H8F3N.C2H6S/c1-2-6-7(9(10,11)12)4-3-5-8(6)13;1-3-2/h2-5H,1,13H2;1-2H3. The highest BCUT2D eigenvalue weighted by Gasteiger charge is 2.32. The van der Waals surface area contributed by atoms with Gasteiger partial charge in [-0.15, -0.1) is 0 Å². The van der Waals surface area contributed by atoms with E-state index in [0.717, 1.165) is 12.1 Å². The van der Waals surface area contributed by atoms with Crippen LogP contribution in [0.4, 0.5) is 18.9 Å². The number of alkyl halides is 3. The first kappa shape index (κ1) is 14.9. The molecule has 0 spiro atoms. The first-order valence-electron chi connectivity index (χ1n) is 4.36. The lowest BCUT2D eigenvalue weighted by Crippen LogP contribution is -2.08. The van der Waals surface area contributed by atoms with Gasteiger partial charge in [0, 0.05) is 11.3 Å². The molecule has 16 heavy (non-hydrogen) atoms. The van der Waals surface area contributed by atoms with Gasteiger partial charge in [0.15, 0.2) is 0 Å². The van der Waals surface area contributed by atoms with Gasteiger partial charge in [-0.2, -0.15) is 24.9 Å². The summed E-state index contributed by atoms with van der Waals surface area (Å²) in [6, 6.07) is 3.66. The van der Waals surface area contributed by atoms with Gasteiger partial charge >= 0.3 is 6.18 Å². The Bertz CT molecular complexity index is 348. The summed E-state index contributed by atoms with van der Waals surface area (Å²) in [5.41, 5.74) is 4.64. The van der Waals surface area contributed by atoms with Gasteiger partial charge in [-0.1, -0.05) is 18.7 Å². The van der Waals surface area contributed by atoms with E-state index in [0.29, 0.717) is 0 Å². The SMILES string of the molecule is C=Cc1c(N)cccc1C(F)(F)F.CSC. The predicted molar refractivity (Wildman–Crippen MR) is 65.4 cm³/mol. The van der Waals surface area contributed by atoms with Crippen molar-refractivity contribution in [3.63, 3.8) is 0 Å². The van der Waals surface area contributed by atoms with E-state index in [2.05, 4.69) is 6.58 Å². The maximum absolute atomic E-state index is 12.3. The molecule has 0 heterocycles. The summed E-state index contributed by atoms with van der Waals surface area (Å²) in [5.74, 6) is 0. The maximum atomic E-state index is 12.3. The number of anilines is 1. The van der Waals surface area contributed by atoms with Gasteiger partial charge in [0.1, 0.15) is 0 Å². The van der Waals surface area contributed by atoms with Crippen LogP contribution >= 0.6 is 11.8 Å². The minimum atomic E-state index is -4.38. The molecule has 0 aliphatic carbocycles. The van der Waals surface area contributed by atoms with Crippen LogP contribution in [0.15, 0.2) is 24.8 Å².